The predicted molar refractivity (Wildman–Crippen MR) is 109 cm³/mol. The Hall–Kier alpha value is -3.41. The van der Waals surface area contributed by atoms with Crippen molar-refractivity contribution >= 4 is 28.5 Å². The second kappa shape index (κ2) is 8.52. The number of benzene rings is 2. The minimum absolute atomic E-state index is 0.132. The Balaban J connectivity index is 1.71. The number of carbonyl (C=O) groups excluding carboxylic acids is 2. The van der Waals surface area contributed by atoms with E-state index in [2.05, 4.69) is 24.1 Å². The van der Waals surface area contributed by atoms with Crippen molar-refractivity contribution in [1.82, 2.24) is 4.98 Å². The fourth-order valence-electron chi connectivity index (χ4n) is 3.03. The first-order valence-electron chi connectivity index (χ1n) is 9.17. The Bertz CT molecular complexity index is 1070. The van der Waals surface area contributed by atoms with Crippen LogP contribution < -0.4 is 10.9 Å². The van der Waals surface area contributed by atoms with Crippen molar-refractivity contribution in [3.8, 4) is 0 Å². The normalized spacial score (nSPS) is 11.8. The third-order valence-corrected chi connectivity index (χ3v) is 4.68. The minimum atomic E-state index is -0.715. The molecular formula is C22H22N2O4. The number of esters is 1. The zero-order valence-corrected chi connectivity index (χ0v) is 15.8. The number of hydrogen-bond acceptors (Lipinski definition) is 4. The maximum Gasteiger partial charge on any atom is 0.339 e. The number of anilines is 1. The molecule has 1 atom stereocenters. The van der Waals surface area contributed by atoms with Gasteiger partial charge in [0.15, 0.2) is 6.61 Å². The van der Waals surface area contributed by atoms with E-state index in [4.69, 9.17) is 4.74 Å². The van der Waals surface area contributed by atoms with Crippen LogP contribution in [0.25, 0.3) is 10.9 Å². The molecule has 6 nitrogen and oxygen atoms in total. The molecule has 1 aromatic heterocycles. The molecule has 0 saturated carbocycles. The number of hydrogen-bond donors (Lipinski definition) is 2. The standard InChI is InChI=1S/C22H22N2O4/c1-3-14(2)15-8-4-6-10-18(15)24-21(26)13-28-22(27)17-12-20(25)23-19-11-7-5-9-16(17)19/h4-12,14H,3,13H2,1-2H3,(H,23,25)(H,24,26). The van der Waals surface area contributed by atoms with Crippen molar-refractivity contribution < 1.29 is 14.3 Å². The average Bonchev–Trinajstić information content (AvgIpc) is 2.71. The van der Waals surface area contributed by atoms with Gasteiger partial charge >= 0.3 is 5.97 Å². The molecule has 3 rings (SSSR count). The average molecular weight is 378 g/mol. The van der Waals surface area contributed by atoms with Crippen molar-refractivity contribution in [2.75, 3.05) is 11.9 Å². The summed E-state index contributed by atoms with van der Waals surface area (Å²) in [6, 6.07) is 15.7. The molecular weight excluding hydrogens is 356 g/mol. The van der Waals surface area contributed by atoms with Crippen molar-refractivity contribution in [2.45, 2.75) is 26.2 Å². The Kier molecular flexibility index (Phi) is 5.89. The number of amides is 1. The maximum atomic E-state index is 12.4. The Morgan fingerprint density at radius 3 is 2.61 bits per heavy atom. The van der Waals surface area contributed by atoms with E-state index in [1.807, 2.05) is 24.3 Å². The van der Waals surface area contributed by atoms with Crippen LogP contribution in [0.3, 0.4) is 0 Å². The Morgan fingerprint density at radius 2 is 1.82 bits per heavy atom. The molecule has 1 amide bonds. The molecule has 0 spiro atoms. The summed E-state index contributed by atoms with van der Waals surface area (Å²) in [5.74, 6) is -0.854. The lowest BCUT2D eigenvalue weighted by atomic mass is 9.97. The van der Waals surface area contributed by atoms with E-state index in [9.17, 15) is 14.4 Å². The number of ether oxygens (including phenoxy) is 1. The molecule has 6 heteroatoms. The smallest absolute Gasteiger partial charge is 0.339 e. The summed E-state index contributed by atoms with van der Waals surface area (Å²) in [5, 5.41) is 3.36. The van der Waals surface area contributed by atoms with Gasteiger partial charge in [-0.25, -0.2) is 4.79 Å². The topological polar surface area (TPSA) is 88.3 Å². The van der Waals surface area contributed by atoms with E-state index >= 15 is 0 Å². The van der Waals surface area contributed by atoms with E-state index in [-0.39, 0.29) is 5.56 Å². The van der Waals surface area contributed by atoms with Crippen LogP contribution in [0.5, 0.6) is 0 Å². The molecule has 28 heavy (non-hydrogen) atoms. The summed E-state index contributed by atoms with van der Waals surface area (Å²) in [6.45, 7) is 3.73. The molecule has 0 fully saturated rings. The SMILES string of the molecule is CCC(C)c1ccccc1NC(=O)COC(=O)c1cc(=O)[nH]c2ccccc12. The van der Waals surface area contributed by atoms with E-state index in [1.165, 1.54) is 6.07 Å². The lowest BCUT2D eigenvalue weighted by Gasteiger charge is -2.15. The number of carbonyl (C=O) groups is 2. The summed E-state index contributed by atoms with van der Waals surface area (Å²) in [6.07, 6.45) is 0.942. The van der Waals surface area contributed by atoms with Gasteiger partial charge in [-0.3, -0.25) is 9.59 Å². The van der Waals surface area contributed by atoms with Crippen molar-refractivity contribution in [1.29, 1.82) is 0 Å². The number of para-hydroxylation sites is 2. The molecule has 0 bridgehead atoms. The largest absolute Gasteiger partial charge is 0.452 e. The first kappa shape index (κ1) is 19.4. The fraction of sp³-hybridized carbons (Fsp3) is 0.227. The van der Waals surface area contributed by atoms with Crippen LogP contribution in [0, 0.1) is 0 Å². The third kappa shape index (κ3) is 4.28. The molecule has 0 radical (unpaired) electrons. The predicted octanol–water partition coefficient (Wildman–Crippen LogP) is 3.84. The van der Waals surface area contributed by atoms with Crippen molar-refractivity contribution in [3.05, 3.63) is 76.1 Å². The van der Waals surface area contributed by atoms with Gasteiger partial charge in [0, 0.05) is 22.7 Å². The minimum Gasteiger partial charge on any atom is -0.452 e. The quantitative estimate of drug-likeness (QED) is 0.638. The van der Waals surface area contributed by atoms with Gasteiger partial charge in [-0.15, -0.1) is 0 Å². The van der Waals surface area contributed by atoms with E-state index in [0.29, 0.717) is 22.5 Å². The van der Waals surface area contributed by atoms with Crippen LogP contribution in [-0.2, 0) is 9.53 Å². The first-order valence-corrected chi connectivity index (χ1v) is 9.17. The number of aromatic amines is 1. The van der Waals surface area contributed by atoms with Gasteiger partial charge in [-0.1, -0.05) is 50.2 Å². The molecule has 144 valence electrons. The van der Waals surface area contributed by atoms with E-state index in [1.54, 1.807) is 24.3 Å². The zero-order chi connectivity index (χ0) is 20.1. The molecule has 3 aromatic rings. The van der Waals surface area contributed by atoms with Gasteiger partial charge in [-0.2, -0.15) is 0 Å². The van der Waals surface area contributed by atoms with Gasteiger partial charge in [0.1, 0.15) is 0 Å². The number of pyridine rings is 1. The molecule has 0 saturated heterocycles. The monoisotopic (exact) mass is 378 g/mol. The van der Waals surface area contributed by atoms with Crippen molar-refractivity contribution in [2.24, 2.45) is 0 Å². The lowest BCUT2D eigenvalue weighted by molar-refractivity contribution is -0.119. The van der Waals surface area contributed by atoms with Gasteiger partial charge in [0.25, 0.3) is 5.91 Å². The van der Waals surface area contributed by atoms with E-state index < -0.39 is 24.0 Å². The summed E-state index contributed by atoms with van der Waals surface area (Å²) < 4.78 is 5.15. The summed E-state index contributed by atoms with van der Waals surface area (Å²) in [5.41, 5.74) is 2.00. The molecule has 0 aliphatic rings. The molecule has 0 aliphatic heterocycles. The van der Waals surface area contributed by atoms with Crippen LogP contribution in [-0.4, -0.2) is 23.5 Å². The highest BCUT2D eigenvalue weighted by molar-refractivity contribution is 6.04. The number of rotatable bonds is 6. The zero-order valence-electron chi connectivity index (χ0n) is 15.8. The maximum absolute atomic E-state index is 12.4. The number of H-pyrrole nitrogens is 1. The van der Waals surface area contributed by atoms with Crippen LogP contribution in [0.2, 0.25) is 0 Å². The Labute approximate surface area is 162 Å². The van der Waals surface area contributed by atoms with Gasteiger partial charge in [0.2, 0.25) is 5.56 Å². The number of aromatic nitrogens is 1. The number of nitrogens with one attached hydrogen (secondary N) is 2. The Morgan fingerprint density at radius 1 is 1.11 bits per heavy atom. The summed E-state index contributed by atoms with van der Waals surface area (Å²) in [4.78, 5) is 39.2. The summed E-state index contributed by atoms with van der Waals surface area (Å²) in [7, 11) is 0. The van der Waals surface area contributed by atoms with Gasteiger partial charge in [0.05, 0.1) is 5.56 Å². The lowest BCUT2D eigenvalue weighted by Crippen LogP contribution is -2.22. The third-order valence-electron chi connectivity index (χ3n) is 4.68. The summed E-state index contributed by atoms with van der Waals surface area (Å²) >= 11 is 0. The van der Waals surface area contributed by atoms with Crippen LogP contribution in [0.15, 0.2) is 59.4 Å². The highest BCUT2D eigenvalue weighted by Crippen LogP contribution is 2.26. The molecule has 1 unspecified atom stereocenters. The van der Waals surface area contributed by atoms with Gasteiger partial charge < -0.3 is 15.0 Å². The fourth-order valence-corrected chi connectivity index (χ4v) is 3.03. The van der Waals surface area contributed by atoms with Crippen LogP contribution >= 0.6 is 0 Å². The molecule has 2 N–H and O–H groups in total. The number of fused-ring (bicyclic) bond motifs is 1. The molecule has 0 aliphatic carbocycles. The molecule has 2 aromatic carbocycles. The second-order valence-corrected chi connectivity index (χ2v) is 6.61. The van der Waals surface area contributed by atoms with Crippen LogP contribution in [0.4, 0.5) is 5.69 Å². The first-order chi connectivity index (χ1) is 13.5. The van der Waals surface area contributed by atoms with Gasteiger partial charge in [-0.05, 0) is 30.0 Å². The second-order valence-electron chi connectivity index (χ2n) is 6.61. The molecule has 1 heterocycles. The highest BCUT2D eigenvalue weighted by Gasteiger charge is 2.16. The van der Waals surface area contributed by atoms with Crippen molar-refractivity contribution in [3.63, 3.8) is 0 Å². The highest BCUT2D eigenvalue weighted by atomic mass is 16.5. The van der Waals surface area contributed by atoms with Crippen LogP contribution in [0.1, 0.15) is 42.1 Å². The van der Waals surface area contributed by atoms with E-state index in [0.717, 1.165) is 12.0 Å².